The summed E-state index contributed by atoms with van der Waals surface area (Å²) in [6, 6.07) is 30.3. The lowest BCUT2D eigenvalue weighted by atomic mass is 10.5. The van der Waals surface area contributed by atoms with E-state index in [2.05, 4.69) is 135 Å². The molecule has 15 aromatic rings. The number of rotatable bonds is 0. The number of aromatic amines is 12. The normalized spacial score (nSPS) is 9.30. The molecular weight excluding hydrogens is 1960 g/mol. The summed E-state index contributed by atoms with van der Waals surface area (Å²) in [6.07, 6.45) is 5.24. The molecule has 0 radical (unpaired) electrons. The molecule has 0 bridgehead atoms. The minimum absolute atomic E-state index is 0.0347. The number of nitrogens with one attached hydrogen (secondary N) is 12. The lowest BCUT2D eigenvalue weighted by Crippen LogP contribution is -2.08. The Kier molecular flexibility index (Phi) is 52.0. The molecule has 15 rings (SSSR count). The van der Waals surface area contributed by atoms with E-state index in [9.17, 15) is 58.2 Å². The van der Waals surface area contributed by atoms with Gasteiger partial charge in [-0.3, -0.25) is 109 Å². The van der Waals surface area contributed by atoms with Crippen LogP contribution in [0.5, 0.6) is 11.8 Å². The summed E-state index contributed by atoms with van der Waals surface area (Å²) in [4.78, 5) is 185. The molecule has 0 spiro atoms. The SMILES string of the molecule is Nc1cccc[nH+]1.Nc1cccc[nH+]1.Nc1ccccn1.Nc1nc(Cl)cc(=O)[nH]1.Nc1nc(Cl)cc(=O)[nH]1.Nc1nc(Cl)cc(=O)[nH]1.Nc1nc(Cl)cc(=O)[nH]1.Nc1nc(Cl)cc(=O)[nH]1.Nc1nc(Cl)cc(=O)[nH]1.Nc1nc(Cl)cc(=O)[nH]1.Nc1nc(Cl)cc(=O)[nH]1.Nc1nc(Cl)cc(=O)[nH]1.Nc1nc(Cl)cc(=O)[nH]1.Nc1nc([O-])cc(Cl)n1.Nc1nc([O-])cc(Cl)n1. The Morgan fingerprint density at radius 3 is 0.488 bits per heavy atom. The van der Waals surface area contributed by atoms with Gasteiger partial charge in [-0.1, -0.05) is 157 Å². The first-order valence-corrected chi connectivity index (χ1v) is 37.2. The zero-order chi connectivity index (χ0) is 97.6. The van der Waals surface area contributed by atoms with Gasteiger partial charge in [-0.15, -0.1) is 0 Å². The zero-order valence-electron chi connectivity index (χ0n) is 64.2. The van der Waals surface area contributed by atoms with E-state index in [1.807, 2.05) is 36.4 Å². The maximum atomic E-state index is 10.5. The van der Waals surface area contributed by atoms with Crippen LogP contribution in [-0.4, -0.2) is 125 Å². The van der Waals surface area contributed by atoms with E-state index in [0.29, 0.717) is 17.5 Å². The molecule has 0 aliphatic rings. The number of nitrogens with two attached hydrogens (primary N) is 15. The summed E-state index contributed by atoms with van der Waals surface area (Å²) < 4.78 is 0. The number of H-pyrrole nitrogens is 12. The largest absolute Gasteiger partial charge is 0.858 e. The molecule has 0 atom stereocenters. The highest BCUT2D eigenvalue weighted by molar-refractivity contribution is 6.32. The average molecular weight is 2030 g/mol. The smallest absolute Gasteiger partial charge is 0.269 e. The van der Waals surface area contributed by atoms with Crippen molar-refractivity contribution in [2.45, 2.75) is 0 Å². The summed E-state index contributed by atoms with van der Waals surface area (Å²) in [5.74, 6) is 1.20. The Morgan fingerprint density at radius 1 is 0.225 bits per heavy atom. The van der Waals surface area contributed by atoms with Crippen molar-refractivity contribution in [3.05, 3.63) is 311 Å². The first-order valence-electron chi connectivity index (χ1n) is 32.7. The van der Waals surface area contributed by atoms with Crippen LogP contribution in [-0.2, 0) is 0 Å². The number of halogens is 12. The van der Waals surface area contributed by atoms with Crippen LogP contribution in [0.15, 0.2) is 194 Å². The highest BCUT2D eigenvalue weighted by Crippen LogP contribution is 2.12. The summed E-state index contributed by atoms with van der Waals surface area (Å²) in [5.41, 5.74) is 73.6. The first-order chi connectivity index (χ1) is 60.4. The molecule has 0 saturated heterocycles. The van der Waals surface area contributed by atoms with Gasteiger partial charge in [0, 0.05) is 79.0 Å². The van der Waals surface area contributed by atoms with Crippen LogP contribution < -0.4 is 162 Å². The third-order valence-electron chi connectivity index (χ3n) is 10.8. The van der Waals surface area contributed by atoms with E-state index in [1.54, 1.807) is 36.8 Å². The minimum Gasteiger partial charge on any atom is -0.858 e. The van der Waals surface area contributed by atoms with Crippen molar-refractivity contribution < 1.29 is 20.2 Å². The highest BCUT2D eigenvalue weighted by atomic mass is 35.5. The standard InChI is InChI=1S/3C5H6N2.12C4H4ClN3O/c3*6-5-3-1-2-4-7-5;12*5-2-1-3(9)8-4(6)7-2/h3*1-4H,(H2,6,7);12*1H,(H3,6,7,8,9). The van der Waals surface area contributed by atoms with Crippen molar-refractivity contribution >= 4 is 228 Å². The second kappa shape index (κ2) is 60.1. The third kappa shape index (κ3) is 59.1. The number of hydrogen-bond donors (Lipinski definition) is 25. The van der Waals surface area contributed by atoms with Crippen molar-refractivity contribution in [1.82, 2.24) is 125 Å². The Morgan fingerprint density at radius 2 is 0.395 bits per heavy atom. The number of aromatic nitrogens is 27. The molecule has 0 unspecified atom stereocenters. The van der Waals surface area contributed by atoms with Crippen LogP contribution in [0.3, 0.4) is 0 Å². The second-order valence-electron chi connectivity index (χ2n) is 21.2. The van der Waals surface area contributed by atoms with Crippen molar-refractivity contribution in [2.24, 2.45) is 0 Å². The number of hydrogen-bond acceptors (Lipinski definition) is 42. The van der Waals surface area contributed by atoms with E-state index < -0.39 is 11.8 Å². The maximum absolute atomic E-state index is 10.5. The van der Waals surface area contributed by atoms with Gasteiger partial charge >= 0.3 is 0 Å². The molecule has 0 amide bonds. The van der Waals surface area contributed by atoms with Gasteiger partial charge in [0.2, 0.25) is 71.4 Å². The second-order valence-corrected chi connectivity index (χ2v) is 25.8. The van der Waals surface area contributed by atoms with Crippen LogP contribution in [0.2, 0.25) is 61.8 Å². The summed E-state index contributed by atoms with van der Waals surface area (Å²) in [7, 11) is 0. The first kappa shape index (κ1) is 111. The van der Waals surface area contributed by atoms with E-state index in [4.69, 9.17) is 225 Å². The average Bonchev–Trinajstić information content (AvgIpc) is 0.963. The third-order valence-corrected chi connectivity index (χ3v) is 13.1. The number of nitrogens with zero attached hydrogens (tertiary/aromatic N) is 15. The number of anilines is 15. The van der Waals surface area contributed by atoms with Crippen LogP contribution in [0.4, 0.5) is 88.8 Å². The minimum atomic E-state index is -0.465. The molecule has 15 heterocycles. The van der Waals surface area contributed by atoms with Crippen LogP contribution in [0.1, 0.15) is 0 Å². The fraction of sp³-hybridized carbons (Fsp3) is 0. The van der Waals surface area contributed by atoms with Crippen LogP contribution in [0, 0.1) is 0 Å². The van der Waals surface area contributed by atoms with E-state index in [0.717, 1.165) is 72.8 Å². The fourth-order valence-corrected chi connectivity index (χ4v) is 8.74. The van der Waals surface area contributed by atoms with Crippen molar-refractivity contribution in [1.29, 1.82) is 0 Å². The topological polar surface area (TPSA) is 987 Å². The maximum Gasteiger partial charge on any atom is 0.269 e. The Hall–Kier alpha value is -15.5. The molecule has 0 aliphatic heterocycles. The van der Waals surface area contributed by atoms with E-state index in [1.165, 1.54) is 0 Å². The molecule has 42 N–H and O–H groups in total. The quantitative estimate of drug-likeness (QED) is 0.0917. The molecule has 129 heavy (non-hydrogen) atoms. The monoisotopic (exact) mass is 2020 g/mol. The van der Waals surface area contributed by atoms with Gasteiger partial charge in [0.25, 0.3) is 67.2 Å². The van der Waals surface area contributed by atoms with E-state index in [-0.39, 0.29) is 189 Å². The molecule has 0 aliphatic carbocycles. The van der Waals surface area contributed by atoms with Gasteiger partial charge < -0.3 is 84.8 Å². The van der Waals surface area contributed by atoms with Crippen molar-refractivity contribution in [3.8, 4) is 11.8 Å². The molecule has 0 fully saturated rings. The summed E-state index contributed by atoms with van der Waals surface area (Å²) >= 11 is 64.0. The molecule has 684 valence electrons. The lowest BCUT2D eigenvalue weighted by Gasteiger charge is -2.02. The molecule has 66 heteroatoms. The van der Waals surface area contributed by atoms with Crippen LogP contribution >= 0.6 is 139 Å². The van der Waals surface area contributed by atoms with Crippen molar-refractivity contribution in [3.63, 3.8) is 0 Å². The zero-order valence-corrected chi connectivity index (χ0v) is 73.2. The van der Waals surface area contributed by atoms with Gasteiger partial charge in [0.15, 0.2) is 0 Å². The van der Waals surface area contributed by atoms with Crippen molar-refractivity contribution in [2.75, 3.05) is 86.0 Å². The van der Waals surface area contributed by atoms with Gasteiger partial charge in [-0.25, -0.2) is 84.7 Å². The lowest BCUT2D eigenvalue weighted by molar-refractivity contribution is -0.360. The van der Waals surface area contributed by atoms with Gasteiger partial charge in [0.1, 0.15) is 67.7 Å². The molecule has 54 nitrogen and oxygen atoms in total. The summed E-state index contributed by atoms with van der Waals surface area (Å²) in [5, 5.41) is 22.0. The molecule has 0 aromatic carbocycles. The Labute approximate surface area is 776 Å². The predicted molar refractivity (Wildman–Crippen MR) is 488 cm³/mol. The van der Waals surface area contributed by atoms with Crippen LogP contribution in [0.25, 0.3) is 0 Å². The van der Waals surface area contributed by atoms with Gasteiger partial charge in [-0.2, -0.15) is 0 Å². The number of nitrogen functional groups attached to an aromatic ring is 15. The predicted octanol–water partition coefficient (Wildman–Crippen LogP) is 0.456. The Bertz CT molecular complexity index is 5190. The molecule has 15 aromatic heterocycles. The molecule has 0 saturated carbocycles. The number of pyridine rings is 3. The van der Waals surface area contributed by atoms with E-state index >= 15 is 0 Å². The highest BCUT2D eigenvalue weighted by Gasteiger charge is 2.00. The Balaban J connectivity index is 0.000000692. The van der Waals surface area contributed by atoms with Gasteiger partial charge in [-0.05, 0) is 48.2 Å². The summed E-state index contributed by atoms with van der Waals surface area (Å²) in [6.45, 7) is 0. The molecular formula is C63H66Cl12N42O12. The van der Waals surface area contributed by atoms with Gasteiger partial charge in [0.05, 0.1) is 12.4 Å². The fourth-order valence-electron chi connectivity index (χ4n) is 6.48.